The summed E-state index contributed by atoms with van der Waals surface area (Å²) in [6.45, 7) is 0. The molecule has 0 fully saturated rings. The van der Waals surface area contributed by atoms with E-state index in [1.54, 1.807) is 0 Å². The van der Waals surface area contributed by atoms with E-state index in [4.69, 9.17) is 5.14 Å². The number of pyridine rings is 2. The SMILES string of the molecule is NS(=O)(=O)c1c(C(F)(F)F)ccnc1-c1cccnc1. The van der Waals surface area contributed by atoms with E-state index in [9.17, 15) is 21.6 Å². The molecule has 0 aliphatic heterocycles. The van der Waals surface area contributed by atoms with E-state index in [0.29, 0.717) is 6.07 Å². The Kier molecular flexibility index (Phi) is 3.48. The van der Waals surface area contributed by atoms with Crippen LogP contribution in [0.4, 0.5) is 13.2 Å². The fourth-order valence-electron chi connectivity index (χ4n) is 1.67. The third-order valence-electron chi connectivity index (χ3n) is 2.43. The van der Waals surface area contributed by atoms with Crippen LogP contribution in [0.15, 0.2) is 41.7 Å². The van der Waals surface area contributed by atoms with Crippen LogP contribution >= 0.6 is 0 Å². The van der Waals surface area contributed by atoms with Gasteiger partial charge in [-0.2, -0.15) is 13.2 Å². The maximum atomic E-state index is 12.9. The number of aromatic nitrogens is 2. The zero-order chi connectivity index (χ0) is 15.0. The number of sulfonamides is 1. The largest absolute Gasteiger partial charge is 0.417 e. The minimum Gasteiger partial charge on any atom is -0.264 e. The van der Waals surface area contributed by atoms with Crippen molar-refractivity contribution in [1.29, 1.82) is 0 Å². The molecular formula is C11H8F3N3O2S. The molecule has 0 saturated carbocycles. The Morgan fingerprint density at radius 2 is 1.85 bits per heavy atom. The molecule has 9 heteroatoms. The second kappa shape index (κ2) is 4.84. The molecule has 0 aliphatic rings. The van der Waals surface area contributed by atoms with Gasteiger partial charge in [-0.25, -0.2) is 13.6 Å². The van der Waals surface area contributed by atoms with Gasteiger partial charge in [0.05, 0.1) is 11.3 Å². The molecule has 0 aromatic carbocycles. The molecule has 2 aromatic rings. The van der Waals surface area contributed by atoms with Crippen LogP contribution < -0.4 is 5.14 Å². The molecule has 0 aliphatic carbocycles. The first-order chi connectivity index (χ1) is 9.21. The summed E-state index contributed by atoms with van der Waals surface area (Å²) < 4.78 is 61.8. The molecule has 0 atom stereocenters. The predicted molar refractivity (Wildman–Crippen MR) is 63.8 cm³/mol. The molecule has 5 nitrogen and oxygen atoms in total. The van der Waals surface area contributed by atoms with Crippen molar-refractivity contribution in [2.24, 2.45) is 5.14 Å². The molecule has 2 rings (SSSR count). The average Bonchev–Trinajstić information content (AvgIpc) is 2.37. The highest BCUT2D eigenvalue weighted by atomic mass is 32.2. The van der Waals surface area contributed by atoms with Crippen LogP contribution in [-0.4, -0.2) is 18.4 Å². The van der Waals surface area contributed by atoms with E-state index in [0.717, 1.165) is 6.20 Å². The van der Waals surface area contributed by atoms with Crippen LogP contribution in [-0.2, 0) is 16.2 Å². The van der Waals surface area contributed by atoms with Crippen molar-refractivity contribution in [2.45, 2.75) is 11.1 Å². The number of primary sulfonamides is 1. The summed E-state index contributed by atoms with van der Waals surface area (Å²) in [5, 5.41) is 4.90. The molecule has 2 aromatic heterocycles. The maximum Gasteiger partial charge on any atom is 0.417 e. The van der Waals surface area contributed by atoms with E-state index >= 15 is 0 Å². The summed E-state index contributed by atoms with van der Waals surface area (Å²) in [5.74, 6) is 0. The Morgan fingerprint density at radius 1 is 1.15 bits per heavy atom. The number of halogens is 3. The van der Waals surface area contributed by atoms with Crippen molar-refractivity contribution in [3.8, 4) is 11.3 Å². The molecule has 2 heterocycles. The second-order valence-electron chi connectivity index (χ2n) is 3.82. The highest BCUT2D eigenvalue weighted by Gasteiger charge is 2.38. The summed E-state index contributed by atoms with van der Waals surface area (Å²) in [6, 6.07) is 3.41. The highest BCUT2D eigenvalue weighted by molar-refractivity contribution is 7.89. The molecule has 0 bridgehead atoms. The van der Waals surface area contributed by atoms with Crippen LogP contribution in [0.25, 0.3) is 11.3 Å². The van der Waals surface area contributed by atoms with Crippen LogP contribution in [0.5, 0.6) is 0 Å². The van der Waals surface area contributed by atoms with Crippen LogP contribution in [0.1, 0.15) is 5.56 Å². The summed E-state index contributed by atoms with van der Waals surface area (Å²) in [7, 11) is -4.61. The number of hydrogen-bond acceptors (Lipinski definition) is 4. The molecule has 20 heavy (non-hydrogen) atoms. The van der Waals surface area contributed by atoms with Gasteiger partial charge in [-0.3, -0.25) is 9.97 Å². The molecule has 0 saturated heterocycles. The van der Waals surface area contributed by atoms with Gasteiger partial charge < -0.3 is 0 Å². The monoisotopic (exact) mass is 303 g/mol. The van der Waals surface area contributed by atoms with Gasteiger partial charge >= 0.3 is 6.18 Å². The van der Waals surface area contributed by atoms with Crippen molar-refractivity contribution >= 4 is 10.0 Å². The van der Waals surface area contributed by atoms with E-state index < -0.39 is 26.7 Å². The lowest BCUT2D eigenvalue weighted by atomic mass is 10.1. The zero-order valence-corrected chi connectivity index (χ0v) is 10.6. The molecule has 0 radical (unpaired) electrons. The number of hydrogen-bond donors (Lipinski definition) is 1. The van der Waals surface area contributed by atoms with Gasteiger partial charge in [0, 0.05) is 24.2 Å². The molecule has 0 spiro atoms. The van der Waals surface area contributed by atoms with Crippen LogP contribution in [0.2, 0.25) is 0 Å². The highest BCUT2D eigenvalue weighted by Crippen LogP contribution is 2.37. The Hall–Kier alpha value is -2.00. The van der Waals surface area contributed by atoms with E-state index in [1.807, 2.05) is 0 Å². The normalized spacial score (nSPS) is 12.4. The number of rotatable bonds is 2. The predicted octanol–water partition coefficient (Wildman–Crippen LogP) is 1.81. The lowest BCUT2D eigenvalue weighted by molar-refractivity contribution is -0.139. The first-order valence-electron chi connectivity index (χ1n) is 5.20. The summed E-state index contributed by atoms with van der Waals surface area (Å²) in [6.07, 6.45) is -1.38. The van der Waals surface area contributed by atoms with Gasteiger partial charge in [-0.05, 0) is 18.2 Å². The van der Waals surface area contributed by atoms with Gasteiger partial charge in [0.1, 0.15) is 4.90 Å². The van der Waals surface area contributed by atoms with Gasteiger partial charge in [0.15, 0.2) is 0 Å². The molecule has 106 valence electrons. The Labute approximate surface area is 112 Å². The smallest absolute Gasteiger partial charge is 0.264 e. The topological polar surface area (TPSA) is 85.9 Å². The number of nitrogens with zero attached hydrogens (tertiary/aromatic N) is 2. The molecule has 0 amide bonds. The Morgan fingerprint density at radius 3 is 2.35 bits per heavy atom. The van der Waals surface area contributed by atoms with Gasteiger partial charge in [0.25, 0.3) is 0 Å². The van der Waals surface area contributed by atoms with Gasteiger partial charge in [-0.15, -0.1) is 0 Å². The molecule has 0 unspecified atom stereocenters. The van der Waals surface area contributed by atoms with E-state index in [-0.39, 0.29) is 11.3 Å². The summed E-state index contributed by atoms with van der Waals surface area (Å²) in [4.78, 5) is 6.35. The lowest BCUT2D eigenvalue weighted by Crippen LogP contribution is -2.20. The minimum absolute atomic E-state index is 0.127. The van der Waals surface area contributed by atoms with E-state index in [2.05, 4.69) is 9.97 Å². The van der Waals surface area contributed by atoms with Crippen LogP contribution in [0.3, 0.4) is 0 Å². The zero-order valence-electron chi connectivity index (χ0n) is 9.79. The fraction of sp³-hybridized carbons (Fsp3) is 0.0909. The average molecular weight is 303 g/mol. The third kappa shape index (κ3) is 2.78. The Balaban J connectivity index is 2.84. The number of alkyl halides is 3. The van der Waals surface area contributed by atoms with Crippen molar-refractivity contribution in [3.63, 3.8) is 0 Å². The van der Waals surface area contributed by atoms with Crippen molar-refractivity contribution in [3.05, 3.63) is 42.4 Å². The molecular weight excluding hydrogens is 295 g/mol. The lowest BCUT2D eigenvalue weighted by Gasteiger charge is -2.14. The first-order valence-corrected chi connectivity index (χ1v) is 6.75. The van der Waals surface area contributed by atoms with Crippen molar-refractivity contribution in [1.82, 2.24) is 9.97 Å². The van der Waals surface area contributed by atoms with Gasteiger partial charge in [0.2, 0.25) is 10.0 Å². The van der Waals surface area contributed by atoms with Crippen LogP contribution in [0, 0.1) is 0 Å². The summed E-state index contributed by atoms with van der Waals surface area (Å²) >= 11 is 0. The first kappa shape index (κ1) is 14.4. The third-order valence-corrected chi connectivity index (χ3v) is 3.41. The maximum absolute atomic E-state index is 12.9. The van der Waals surface area contributed by atoms with E-state index in [1.165, 1.54) is 24.5 Å². The molecule has 2 N–H and O–H groups in total. The number of nitrogens with two attached hydrogens (primary N) is 1. The minimum atomic E-state index is -4.86. The second-order valence-corrected chi connectivity index (χ2v) is 5.32. The van der Waals surface area contributed by atoms with Crippen molar-refractivity contribution in [2.75, 3.05) is 0 Å². The summed E-state index contributed by atoms with van der Waals surface area (Å²) in [5.41, 5.74) is -1.60. The standard InChI is InChI=1S/C11H8F3N3O2S/c12-11(13,14)8-3-5-17-9(10(8)20(15,18)19)7-2-1-4-16-6-7/h1-6H,(H2,15,18,19). The van der Waals surface area contributed by atoms with Crippen molar-refractivity contribution < 1.29 is 21.6 Å². The quantitative estimate of drug-likeness (QED) is 0.916. The fourth-order valence-corrected chi connectivity index (χ4v) is 2.60. The van der Waals surface area contributed by atoms with Gasteiger partial charge in [-0.1, -0.05) is 0 Å². The Bertz CT molecular complexity index is 730.